The Kier molecular flexibility index (Phi) is 15.7. The molecule has 3 aromatic rings. The van der Waals surface area contributed by atoms with E-state index in [9.17, 15) is 39.6 Å². The first kappa shape index (κ1) is 52.9. The van der Waals surface area contributed by atoms with E-state index >= 15 is 0 Å². The molecule has 5 bridgehead atoms. The minimum absolute atomic E-state index is 0.0545. The third-order valence-electron chi connectivity index (χ3n) is 15.3. The summed E-state index contributed by atoms with van der Waals surface area (Å²) in [6.45, 7) is 17.4. The molecule has 2 amide bonds. The quantitative estimate of drug-likeness (QED) is 0.0938. The van der Waals surface area contributed by atoms with E-state index in [2.05, 4.69) is 39.4 Å². The molecule has 0 radical (unpaired) electrons. The molecule has 1 aromatic heterocycles. The number of esters is 1. The molecule has 73 heavy (non-hydrogen) atoms. The van der Waals surface area contributed by atoms with Crippen molar-refractivity contribution in [2.45, 2.75) is 136 Å². The van der Waals surface area contributed by atoms with E-state index in [0.29, 0.717) is 63.5 Å². The van der Waals surface area contributed by atoms with Gasteiger partial charge in [-0.15, -0.1) is 0 Å². The zero-order valence-electron chi connectivity index (χ0n) is 43.2. The molecule has 0 saturated carbocycles. The van der Waals surface area contributed by atoms with Crippen molar-refractivity contribution >= 4 is 45.7 Å². The molecule has 18 nitrogen and oxygen atoms in total. The van der Waals surface area contributed by atoms with Crippen LogP contribution in [0.15, 0.2) is 70.7 Å². The smallest absolute Gasteiger partial charge is 0.315 e. The average molecular weight is 1010 g/mol. The lowest BCUT2D eigenvalue weighted by Crippen LogP contribution is -2.47. The van der Waals surface area contributed by atoms with Gasteiger partial charge >= 0.3 is 11.8 Å². The number of phenolic OH excluding ortho intramolecular Hbond substituents is 2. The summed E-state index contributed by atoms with van der Waals surface area (Å²) in [5, 5.41) is 54.5. The fourth-order valence-corrected chi connectivity index (χ4v) is 10.8. The van der Waals surface area contributed by atoms with Crippen LogP contribution in [-0.4, -0.2) is 127 Å². The van der Waals surface area contributed by atoms with E-state index in [1.54, 1.807) is 70.1 Å². The Morgan fingerprint density at radius 2 is 1.70 bits per heavy atom. The van der Waals surface area contributed by atoms with E-state index < -0.39 is 77.3 Å². The number of carbonyl (C=O) groups is 4. The molecule has 6 aliphatic rings. The highest BCUT2D eigenvalue weighted by atomic mass is 16.7. The number of nitrogens with one attached hydrogen (secondary N) is 2. The maximum absolute atomic E-state index is 14.8. The number of likely N-dealkylation sites (tertiary alicyclic amines) is 2. The molecule has 2 saturated heterocycles. The third kappa shape index (κ3) is 11.0. The number of benzene rings is 2. The van der Waals surface area contributed by atoms with Crippen LogP contribution in [0, 0.1) is 30.6 Å². The minimum atomic E-state index is -1.94. The molecule has 2 aromatic carbocycles. The van der Waals surface area contributed by atoms with Crippen LogP contribution in [0.2, 0.25) is 0 Å². The Bertz CT molecular complexity index is 2830. The van der Waals surface area contributed by atoms with Crippen molar-refractivity contribution in [3.63, 3.8) is 0 Å². The van der Waals surface area contributed by atoms with Crippen LogP contribution < -0.4 is 26.1 Å². The lowest BCUT2D eigenvalue weighted by Gasteiger charge is -2.38. The van der Waals surface area contributed by atoms with E-state index in [-0.39, 0.29) is 74.5 Å². The minimum Gasteiger partial charge on any atom is -0.507 e. The second-order valence-corrected chi connectivity index (χ2v) is 21.2. The predicted molar refractivity (Wildman–Crippen MR) is 273 cm³/mol. The number of pyridine rings is 1. The lowest BCUT2D eigenvalue weighted by molar-refractivity contribution is -0.159. The number of fused-ring (bicyclic) bond motifs is 13. The number of phenols is 2. The summed E-state index contributed by atoms with van der Waals surface area (Å²) in [5.41, 5.74) is 0.754. The molecule has 7 atom stereocenters. The number of hydrogen-bond donors (Lipinski definition) is 6. The van der Waals surface area contributed by atoms with Crippen molar-refractivity contribution in [1.82, 2.24) is 14.8 Å². The Hall–Kier alpha value is -6.37. The van der Waals surface area contributed by atoms with Crippen molar-refractivity contribution in [3.8, 4) is 17.2 Å². The lowest BCUT2D eigenvalue weighted by atomic mass is 9.81. The molecule has 0 aliphatic carbocycles. The molecule has 6 N–H and O–H groups in total. The van der Waals surface area contributed by atoms with Gasteiger partial charge in [-0.1, -0.05) is 52.8 Å². The molecular weight excluding hydrogens is 935 g/mol. The van der Waals surface area contributed by atoms with Gasteiger partial charge in [0.25, 0.3) is 11.7 Å². The zero-order chi connectivity index (χ0) is 52.5. The third-order valence-corrected chi connectivity index (χ3v) is 15.3. The fraction of sp³-hybridized carbons (Fsp3) is 0.545. The molecule has 6 aliphatic heterocycles. The highest BCUT2D eigenvalue weighted by Crippen LogP contribution is 2.51. The first-order valence-electron chi connectivity index (χ1n) is 25.7. The Labute approximate surface area is 425 Å². The van der Waals surface area contributed by atoms with Crippen LogP contribution in [-0.2, 0) is 23.9 Å². The van der Waals surface area contributed by atoms with Gasteiger partial charge in [-0.2, -0.15) is 0 Å². The predicted octanol–water partition coefficient (Wildman–Crippen LogP) is 5.75. The number of Topliss-reactive ketones (excluding diaryl/α,β-unsaturated/α-hetero) is 1. The summed E-state index contributed by atoms with van der Waals surface area (Å²) in [5.74, 6) is -6.69. The number of piperidine rings is 2. The summed E-state index contributed by atoms with van der Waals surface area (Å²) >= 11 is 0. The molecule has 7 heterocycles. The van der Waals surface area contributed by atoms with Gasteiger partial charge in [-0.05, 0) is 63.7 Å². The molecule has 2 fully saturated rings. The normalized spacial score (nSPS) is 28.6. The second kappa shape index (κ2) is 21.6. The number of ether oxygens (including phenoxy) is 3. The van der Waals surface area contributed by atoms with Crippen molar-refractivity contribution in [1.29, 1.82) is 0 Å². The summed E-state index contributed by atoms with van der Waals surface area (Å²) in [6.07, 6.45) is 10.5. The number of ketones is 1. The highest BCUT2D eigenvalue weighted by molar-refractivity contribution is 6.21. The molecule has 2 unspecified atom stereocenters. The number of nitrogens with zero attached hydrogens (tertiary/aromatic N) is 5. The van der Waals surface area contributed by atoms with Gasteiger partial charge in [-0.25, -0.2) is 4.99 Å². The number of aliphatic hydroxyl groups excluding tert-OH is 2. The van der Waals surface area contributed by atoms with Crippen molar-refractivity contribution < 1.29 is 53.8 Å². The van der Waals surface area contributed by atoms with Crippen LogP contribution in [0.5, 0.6) is 17.2 Å². The standard InChI is InChI=1S/C55H71N7O11/c1-30(2)29-61-24-19-55(20-25-61)59-44-41-42-49(67)35(7)51-43(41)52(69)54(8,73-51)71-26-10-9-16-38(72-40(64)27-39(63)62-22-17-36(18-23-62)57-37-15-12-21-56-28-37)33(5)48(66)34(6)47(65)31(3)13-11-14-32(4)53(70)58-46(50(42)68)45(44)60-55/h10-15,21,26,28,30-31,33-34,36,38,47-48,57,59,65-68H,9,16-20,22-25,27,29H2,1-8H3/b13-11+,26-10+,32-14-,58-46?/t31-,33-,34+,38?,47-,48?,54-/m0/s1. The summed E-state index contributed by atoms with van der Waals surface area (Å²) < 4.78 is 18.4. The summed E-state index contributed by atoms with van der Waals surface area (Å²) in [6, 6.07) is 3.93. The van der Waals surface area contributed by atoms with Crippen LogP contribution in [0.1, 0.15) is 109 Å². The molecule has 18 heteroatoms. The topological polar surface area (TPSA) is 245 Å². The van der Waals surface area contributed by atoms with Crippen molar-refractivity contribution in [2.75, 3.05) is 43.4 Å². The van der Waals surface area contributed by atoms with E-state index in [0.717, 1.165) is 12.2 Å². The fourth-order valence-electron chi connectivity index (χ4n) is 10.8. The Balaban J connectivity index is 1.09. The van der Waals surface area contributed by atoms with Crippen LogP contribution in [0.4, 0.5) is 11.4 Å². The number of carbonyl (C=O) groups excluding carboxylic acids is 4. The summed E-state index contributed by atoms with van der Waals surface area (Å²) in [7, 11) is 0. The van der Waals surface area contributed by atoms with Crippen LogP contribution in [0.25, 0.3) is 10.8 Å². The van der Waals surface area contributed by atoms with Crippen LogP contribution >= 0.6 is 0 Å². The monoisotopic (exact) mass is 1010 g/mol. The average Bonchev–Trinajstić information content (AvgIpc) is 3.86. The van der Waals surface area contributed by atoms with Gasteiger partial charge in [0.15, 0.2) is 5.75 Å². The molecule has 9 rings (SSSR count). The number of aliphatic hydroxyl groups is 2. The van der Waals surface area contributed by atoms with Gasteiger partial charge in [0, 0.05) is 105 Å². The van der Waals surface area contributed by atoms with Gasteiger partial charge in [0.2, 0.25) is 5.91 Å². The zero-order valence-corrected chi connectivity index (χ0v) is 43.2. The SMILES string of the molecule is C/C1=C/C=C/[C@H](C)[C@H](O)[C@@H](C)C(O)[C@@H](C)C(OC(=O)CC(=O)N2CCC(Nc3cccnc3)CC2)CC/C=C/O[C@@]2(C)Oc3c(C)c(O)c4c(O)c(c5c(c4c3C2=O)NC2(CCN(CC(C)C)CC2)N=5)=NC1=O. The van der Waals surface area contributed by atoms with Gasteiger partial charge < -0.3 is 55.1 Å². The van der Waals surface area contributed by atoms with Gasteiger partial charge in [-0.3, -0.25) is 29.2 Å². The van der Waals surface area contributed by atoms with E-state index in [4.69, 9.17) is 19.2 Å². The first-order chi connectivity index (χ1) is 34.7. The maximum Gasteiger partial charge on any atom is 0.315 e. The molecule has 392 valence electrons. The van der Waals surface area contributed by atoms with Gasteiger partial charge in [0.1, 0.15) is 40.4 Å². The molecule has 1 spiro atoms. The van der Waals surface area contributed by atoms with Crippen molar-refractivity contribution in [2.24, 2.45) is 33.7 Å². The highest BCUT2D eigenvalue weighted by Gasteiger charge is 2.50. The maximum atomic E-state index is 14.8. The Morgan fingerprint density at radius 3 is 2.38 bits per heavy atom. The van der Waals surface area contributed by atoms with Crippen molar-refractivity contribution in [3.05, 3.63) is 82.5 Å². The number of anilines is 2. The number of aromatic hydroxyl groups is 2. The second-order valence-electron chi connectivity index (χ2n) is 21.2. The number of allylic oxidation sites excluding steroid dienone is 3. The number of hydrogen-bond acceptors (Lipinski definition) is 16. The number of rotatable bonds is 7. The largest absolute Gasteiger partial charge is 0.507 e. The van der Waals surface area contributed by atoms with E-state index in [1.807, 2.05) is 12.1 Å². The number of aromatic nitrogens is 1. The van der Waals surface area contributed by atoms with E-state index in [1.165, 1.54) is 19.3 Å². The van der Waals surface area contributed by atoms with Crippen LogP contribution in [0.3, 0.4) is 0 Å². The Morgan fingerprint density at radius 1 is 0.973 bits per heavy atom. The van der Waals surface area contributed by atoms with Gasteiger partial charge in [0.05, 0.1) is 40.8 Å². The molecular formula is C55H71N7O11. The first-order valence-corrected chi connectivity index (χ1v) is 25.7. The summed E-state index contributed by atoms with van der Waals surface area (Å²) in [4.78, 5) is 73.5. The number of amides is 2.